The second-order valence-corrected chi connectivity index (χ2v) is 4.61. The van der Waals surface area contributed by atoms with Gasteiger partial charge >= 0.3 is 12.4 Å². The highest BCUT2D eigenvalue weighted by Crippen LogP contribution is 2.38. The molecule has 0 aromatic carbocycles. The predicted molar refractivity (Wildman–Crippen MR) is 61.8 cm³/mol. The van der Waals surface area contributed by atoms with Gasteiger partial charge in [-0.25, -0.2) is 10.8 Å². The number of fused-ring (bicyclic) bond motifs is 1. The second kappa shape index (κ2) is 5.18. The number of hydrogen-bond donors (Lipinski definition) is 2. The molecule has 0 fully saturated rings. The van der Waals surface area contributed by atoms with Gasteiger partial charge in [-0.05, 0) is 11.4 Å². The van der Waals surface area contributed by atoms with Crippen LogP contribution >= 0.6 is 11.3 Å². The van der Waals surface area contributed by atoms with Crippen LogP contribution in [0.5, 0.6) is 5.88 Å². The summed E-state index contributed by atoms with van der Waals surface area (Å²) in [6.45, 7) is 0. The van der Waals surface area contributed by atoms with Crippen LogP contribution in [-0.2, 0) is 0 Å². The van der Waals surface area contributed by atoms with E-state index in [2.05, 4.69) is 14.7 Å². The molecule has 0 atom stereocenters. The number of ether oxygens (including phenoxy) is 1. The summed E-state index contributed by atoms with van der Waals surface area (Å²) in [6, 6.07) is 1.25. The van der Waals surface area contributed by atoms with Gasteiger partial charge in [0.05, 0.1) is 5.39 Å². The fourth-order valence-corrected chi connectivity index (χ4v) is 2.17. The number of anilines is 1. The van der Waals surface area contributed by atoms with Crippen LogP contribution in [0.15, 0.2) is 11.4 Å². The van der Waals surface area contributed by atoms with Crippen LogP contribution in [0.25, 0.3) is 10.2 Å². The van der Waals surface area contributed by atoms with E-state index in [1.54, 1.807) is 0 Å². The monoisotopic (exact) mass is 332 g/mol. The number of aromatic nitrogens is 2. The molecule has 0 saturated heterocycles. The van der Waals surface area contributed by atoms with Gasteiger partial charge in [-0.2, -0.15) is 31.3 Å². The van der Waals surface area contributed by atoms with Gasteiger partial charge in [0.15, 0.2) is 0 Å². The average Bonchev–Trinajstić information content (AvgIpc) is 2.80. The van der Waals surface area contributed by atoms with Gasteiger partial charge in [-0.15, -0.1) is 11.3 Å². The van der Waals surface area contributed by atoms with Crippen molar-refractivity contribution in [1.82, 2.24) is 9.97 Å². The number of thiophene rings is 1. The number of nitrogens with one attached hydrogen (secondary N) is 1. The third-order valence-corrected chi connectivity index (χ3v) is 3.05. The number of nitrogens with zero attached hydrogens (tertiary/aromatic N) is 2. The van der Waals surface area contributed by atoms with Gasteiger partial charge in [0.25, 0.3) is 6.10 Å². The highest BCUT2D eigenvalue weighted by molar-refractivity contribution is 7.16. The molecule has 2 aromatic rings. The molecule has 2 aromatic heterocycles. The van der Waals surface area contributed by atoms with Crippen LogP contribution in [0.4, 0.5) is 32.3 Å². The molecule has 0 aliphatic carbocycles. The number of hydrogen-bond acceptors (Lipinski definition) is 6. The van der Waals surface area contributed by atoms with Crippen LogP contribution in [0.1, 0.15) is 0 Å². The van der Waals surface area contributed by atoms with E-state index < -0.39 is 24.3 Å². The predicted octanol–water partition coefficient (Wildman–Crippen LogP) is 2.85. The highest BCUT2D eigenvalue weighted by Gasteiger charge is 2.59. The molecule has 0 bridgehead atoms. The molecule has 0 aliphatic rings. The molecule has 12 heteroatoms. The Bertz CT molecular complexity index is 625. The summed E-state index contributed by atoms with van der Waals surface area (Å²) >= 11 is 0.984. The number of nitrogen functional groups attached to an aromatic ring is 1. The van der Waals surface area contributed by atoms with E-state index in [-0.39, 0.29) is 16.2 Å². The van der Waals surface area contributed by atoms with Crippen LogP contribution in [0.3, 0.4) is 0 Å². The van der Waals surface area contributed by atoms with Crippen molar-refractivity contribution in [3.8, 4) is 5.88 Å². The smallest absolute Gasteiger partial charge is 0.434 e. The summed E-state index contributed by atoms with van der Waals surface area (Å²) in [7, 11) is 0. The molecule has 3 N–H and O–H groups in total. The molecule has 0 spiro atoms. The summed E-state index contributed by atoms with van der Waals surface area (Å²) in [5.41, 5.74) is 1.94. The highest BCUT2D eigenvalue weighted by atomic mass is 32.1. The zero-order valence-electron chi connectivity index (χ0n) is 9.79. The average molecular weight is 332 g/mol. The molecule has 0 aliphatic heterocycles. The Hall–Kier alpha value is -1.82. The molecule has 0 saturated carbocycles. The van der Waals surface area contributed by atoms with Crippen molar-refractivity contribution in [3.63, 3.8) is 0 Å². The first-order chi connectivity index (χ1) is 9.63. The van der Waals surface area contributed by atoms with Crippen molar-refractivity contribution in [1.29, 1.82) is 0 Å². The van der Waals surface area contributed by atoms with Gasteiger partial charge in [0, 0.05) is 0 Å². The molecule has 0 amide bonds. The minimum Gasteiger partial charge on any atom is -0.454 e. The van der Waals surface area contributed by atoms with E-state index in [0.29, 0.717) is 0 Å². The van der Waals surface area contributed by atoms with E-state index in [1.807, 2.05) is 5.43 Å². The van der Waals surface area contributed by atoms with Crippen LogP contribution < -0.4 is 16.0 Å². The molecule has 0 radical (unpaired) electrons. The topological polar surface area (TPSA) is 73.1 Å². The maximum atomic E-state index is 12.5. The lowest BCUT2D eigenvalue weighted by Gasteiger charge is -2.23. The minimum absolute atomic E-state index is 0.0718. The Labute approximate surface area is 116 Å². The molecule has 0 unspecified atom stereocenters. The molecule has 5 nitrogen and oxygen atoms in total. The van der Waals surface area contributed by atoms with E-state index in [1.165, 1.54) is 11.4 Å². The van der Waals surface area contributed by atoms with Gasteiger partial charge in [0.2, 0.25) is 11.8 Å². The second-order valence-electron chi connectivity index (χ2n) is 3.72. The van der Waals surface area contributed by atoms with E-state index in [9.17, 15) is 26.3 Å². The number of hydrazine groups is 1. The number of nitrogens with two attached hydrogens (primary N) is 1. The van der Waals surface area contributed by atoms with Crippen LogP contribution in [0.2, 0.25) is 0 Å². The standard InChI is InChI=1S/C9H6F6N4OS/c10-8(11,12)6(9(13,14)15)20-4-3-1-2-21-5(3)18-7(17-4)19-16/h1-2,6H,16H2,(H,17,18,19). The van der Waals surface area contributed by atoms with Gasteiger partial charge in [0.1, 0.15) is 4.83 Å². The summed E-state index contributed by atoms with van der Waals surface area (Å²) in [6.07, 6.45) is -15.3. The SMILES string of the molecule is NNc1nc(OC(C(F)(F)F)C(F)(F)F)c2ccsc2n1. The minimum atomic E-state index is -5.64. The zero-order chi connectivity index (χ0) is 15.8. The quantitative estimate of drug-likeness (QED) is 0.514. The van der Waals surface area contributed by atoms with Gasteiger partial charge < -0.3 is 4.74 Å². The Morgan fingerprint density at radius 2 is 1.76 bits per heavy atom. The van der Waals surface area contributed by atoms with Crippen molar-refractivity contribution in [2.75, 3.05) is 5.43 Å². The van der Waals surface area contributed by atoms with E-state index in [0.717, 1.165) is 11.3 Å². The first-order valence-corrected chi connectivity index (χ1v) is 6.03. The van der Waals surface area contributed by atoms with E-state index >= 15 is 0 Å². The number of rotatable bonds is 3. The molecule has 2 heterocycles. The lowest BCUT2D eigenvalue weighted by Crippen LogP contribution is -2.46. The Morgan fingerprint density at radius 3 is 2.29 bits per heavy atom. The third kappa shape index (κ3) is 3.26. The molecule has 21 heavy (non-hydrogen) atoms. The molecular weight excluding hydrogens is 326 g/mol. The summed E-state index contributed by atoms with van der Waals surface area (Å²) in [5, 5.41) is 1.35. The Kier molecular flexibility index (Phi) is 3.84. The Morgan fingerprint density at radius 1 is 1.14 bits per heavy atom. The van der Waals surface area contributed by atoms with Crippen molar-refractivity contribution in [2.45, 2.75) is 18.5 Å². The summed E-state index contributed by atoms with van der Waals surface area (Å²) in [4.78, 5) is 7.31. The Balaban J connectivity index is 2.48. The largest absolute Gasteiger partial charge is 0.454 e. The summed E-state index contributed by atoms with van der Waals surface area (Å²) < 4.78 is 79.0. The van der Waals surface area contributed by atoms with E-state index in [4.69, 9.17) is 5.84 Å². The molecule has 2 rings (SSSR count). The fourth-order valence-electron chi connectivity index (χ4n) is 1.41. The number of halogens is 6. The van der Waals surface area contributed by atoms with Crippen LogP contribution in [-0.4, -0.2) is 28.4 Å². The first-order valence-electron chi connectivity index (χ1n) is 5.15. The zero-order valence-corrected chi connectivity index (χ0v) is 10.6. The lowest BCUT2D eigenvalue weighted by atomic mass is 10.3. The normalized spacial score (nSPS) is 13.0. The maximum Gasteiger partial charge on any atom is 0.434 e. The summed E-state index contributed by atoms with van der Waals surface area (Å²) in [5.74, 6) is 3.80. The van der Waals surface area contributed by atoms with Crippen molar-refractivity contribution in [2.24, 2.45) is 5.84 Å². The van der Waals surface area contributed by atoms with Crippen LogP contribution in [0, 0.1) is 0 Å². The first kappa shape index (κ1) is 15.6. The van der Waals surface area contributed by atoms with Crippen molar-refractivity contribution < 1.29 is 31.1 Å². The third-order valence-electron chi connectivity index (χ3n) is 2.24. The van der Waals surface area contributed by atoms with Gasteiger partial charge in [-0.3, -0.25) is 5.43 Å². The van der Waals surface area contributed by atoms with Crippen molar-refractivity contribution >= 4 is 27.5 Å². The molecular formula is C9H6F6N4OS. The number of alkyl halides is 6. The fraction of sp³-hybridized carbons (Fsp3) is 0.333. The lowest BCUT2D eigenvalue weighted by molar-refractivity contribution is -0.300. The van der Waals surface area contributed by atoms with Crippen molar-refractivity contribution in [3.05, 3.63) is 11.4 Å². The van der Waals surface area contributed by atoms with Gasteiger partial charge in [-0.1, -0.05) is 0 Å². The maximum absolute atomic E-state index is 12.5. The molecule has 116 valence electrons.